The highest BCUT2D eigenvalue weighted by Gasteiger charge is 2.17. The minimum absolute atomic E-state index is 0.0973. The van der Waals surface area contributed by atoms with Crippen molar-refractivity contribution in [1.29, 1.82) is 0 Å². The van der Waals surface area contributed by atoms with Gasteiger partial charge in [-0.3, -0.25) is 14.9 Å². The Hall–Kier alpha value is -3.09. The maximum atomic E-state index is 11.9. The van der Waals surface area contributed by atoms with Gasteiger partial charge in [-0.15, -0.1) is 0 Å². The number of rotatable bonds is 7. The highest BCUT2D eigenvalue weighted by Crippen LogP contribution is 2.29. The number of nitrogens with zero attached hydrogens (tertiary/aromatic N) is 1. The molecule has 0 saturated carbocycles. The van der Waals surface area contributed by atoms with Crippen LogP contribution >= 0.6 is 0 Å². The second kappa shape index (κ2) is 7.79. The number of benzene rings is 2. The standard InChI is InChI=1S/C16H16N2O5/c1-2-22-13-8-9-14(15(10-13)18(20)21)17-16(19)11-23-12-6-4-3-5-7-12/h3-10H,2,11H2,1H3,(H,17,19). The number of hydrogen-bond acceptors (Lipinski definition) is 5. The summed E-state index contributed by atoms with van der Waals surface area (Å²) >= 11 is 0. The van der Waals surface area contributed by atoms with Crippen molar-refractivity contribution in [2.24, 2.45) is 0 Å². The van der Waals surface area contributed by atoms with Crippen LogP contribution < -0.4 is 14.8 Å². The summed E-state index contributed by atoms with van der Waals surface area (Å²) in [6.07, 6.45) is 0. The van der Waals surface area contributed by atoms with Gasteiger partial charge in [-0.1, -0.05) is 18.2 Å². The summed E-state index contributed by atoms with van der Waals surface area (Å²) in [6, 6.07) is 13.1. The van der Waals surface area contributed by atoms with Gasteiger partial charge >= 0.3 is 0 Å². The van der Waals surface area contributed by atoms with Crippen molar-refractivity contribution in [3.05, 3.63) is 58.6 Å². The molecule has 0 aromatic heterocycles. The van der Waals surface area contributed by atoms with Gasteiger partial charge in [0, 0.05) is 0 Å². The maximum absolute atomic E-state index is 11.9. The lowest BCUT2D eigenvalue weighted by atomic mass is 10.2. The second-order valence-corrected chi connectivity index (χ2v) is 4.52. The molecule has 1 N–H and O–H groups in total. The number of amides is 1. The SMILES string of the molecule is CCOc1ccc(NC(=O)COc2ccccc2)c([N+](=O)[O-])c1. The van der Waals surface area contributed by atoms with Crippen LogP contribution in [0.15, 0.2) is 48.5 Å². The molecule has 2 aromatic carbocycles. The Morgan fingerprint density at radius 3 is 2.52 bits per heavy atom. The topological polar surface area (TPSA) is 90.7 Å². The van der Waals surface area contributed by atoms with Crippen molar-refractivity contribution in [3.63, 3.8) is 0 Å². The fourth-order valence-corrected chi connectivity index (χ4v) is 1.88. The van der Waals surface area contributed by atoms with Crippen molar-refractivity contribution in [3.8, 4) is 11.5 Å². The van der Waals surface area contributed by atoms with Crippen LogP contribution in [0.5, 0.6) is 11.5 Å². The van der Waals surface area contributed by atoms with Crippen LogP contribution in [-0.4, -0.2) is 24.0 Å². The third-order valence-corrected chi connectivity index (χ3v) is 2.86. The fourth-order valence-electron chi connectivity index (χ4n) is 1.88. The van der Waals surface area contributed by atoms with Crippen LogP contribution in [0.2, 0.25) is 0 Å². The molecular formula is C16H16N2O5. The molecular weight excluding hydrogens is 300 g/mol. The van der Waals surface area contributed by atoms with Gasteiger partial charge in [0.1, 0.15) is 17.2 Å². The van der Waals surface area contributed by atoms with Gasteiger partial charge in [-0.2, -0.15) is 0 Å². The molecule has 0 heterocycles. The third-order valence-electron chi connectivity index (χ3n) is 2.86. The molecule has 1 amide bonds. The van der Waals surface area contributed by atoms with Gasteiger partial charge in [0.25, 0.3) is 11.6 Å². The average molecular weight is 316 g/mol. The molecule has 7 nitrogen and oxygen atoms in total. The van der Waals surface area contributed by atoms with E-state index in [0.29, 0.717) is 18.1 Å². The van der Waals surface area contributed by atoms with E-state index in [-0.39, 0.29) is 18.0 Å². The number of nitro groups is 1. The molecule has 0 fully saturated rings. The van der Waals surface area contributed by atoms with Gasteiger partial charge in [0.2, 0.25) is 0 Å². The Kier molecular flexibility index (Phi) is 5.51. The first-order valence-corrected chi connectivity index (χ1v) is 6.99. The number of anilines is 1. The molecule has 23 heavy (non-hydrogen) atoms. The lowest BCUT2D eigenvalue weighted by molar-refractivity contribution is -0.384. The van der Waals surface area contributed by atoms with Crippen LogP contribution in [0.1, 0.15) is 6.92 Å². The van der Waals surface area contributed by atoms with Crippen molar-refractivity contribution < 1.29 is 19.2 Å². The van der Waals surface area contributed by atoms with Gasteiger partial charge in [0.05, 0.1) is 17.6 Å². The van der Waals surface area contributed by atoms with Crippen molar-refractivity contribution >= 4 is 17.3 Å². The van der Waals surface area contributed by atoms with E-state index < -0.39 is 10.8 Å². The van der Waals surface area contributed by atoms with E-state index in [1.807, 2.05) is 6.07 Å². The normalized spacial score (nSPS) is 9.96. The summed E-state index contributed by atoms with van der Waals surface area (Å²) in [5, 5.41) is 13.6. The molecule has 0 spiro atoms. The number of carbonyl (C=O) groups excluding carboxylic acids is 1. The van der Waals surface area contributed by atoms with E-state index in [1.165, 1.54) is 12.1 Å². The highest BCUT2D eigenvalue weighted by atomic mass is 16.6. The summed E-state index contributed by atoms with van der Waals surface area (Å²) in [6.45, 7) is 1.94. The molecule has 0 aliphatic heterocycles. The largest absolute Gasteiger partial charge is 0.494 e. The van der Waals surface area contributed by atoms with Crippen LogP contribution in [0, 0.1) is 10.1 Å². The van der Waals surface area contributed by atoms with Gasteiger partial charge < -0.3 is 14.8 Å². The first-order chi connectivity index (χ1) is 11.1. The summed E-state index contributed by atoms with van der Waals surface area (Å²) < 4.78 is 10.5. The minimum atomic E-state index is -0.573. The maximum Gasteiger partial charge on any atom is 0.296 e. The zero-order valence-corrected chi connectivity index (χ0v) is 12.5. The van der Waals surface area contributed by atoms with Crippen LogP contribution in [0.4, 0.5) is 11.4 Å². The molecule has 0 unspecified atom stereocenters. The van der Waals surface area contributed by atoms with Crippen molar-refractivity contribution in [2.75, 3.05) is 18.5 Å². The molecule has 0 saturated heterocycles. The zero-order chi connectivity index (χ0) is 16.7. The molecule has 0 radical (unpaired) electrons. The zero-order valence-electron chi connectivity index (χ0n) is 12.5. The van der Waals surface area contributed by atoms with E-state index in [2.05, 4.69) is 5.32 Å². The third kappa shape index (κ3) is 4.70. The number of nitrogens with one attached hydrogen (secondary N) is 1. The van der Waals surface area contributed by atoms with E-state index in [4.69, 9.17) is 9.47 Å². The minimum Gasteiger partial charge on any atom is -0.494 e. The first kappa shape index (κ1) is 16.3. The molecule has 2 aromatic rings. The molecule has 0 aliphatic carbocycles. The van der Waals surface area contributed by atoms with Gasteiger partial charge in [-0.25, -0.2) is 0 Å². The Balaban J connectivity index is 2.03. The first-order valence-electron chi connectivity index (χ1n) is 6.99. The van der Waals surface area contributed by atoms with Crippen LogP contribution in [-0.2, 0) is 4.79 Å². The number of nitro benzene ring substituents is 1. The quantitative estimate of drug-likeness (QED) is 0.626. The number of hydrogen-bond donors (Lipinski definition) is 1. The molecule has 0 bridgehead atoms. The summed E-state index contributed by atoms with van der Waals surface area (Å²) in [5.41, 5.74) is -0.135. The Bertz CT molecular complexity index is 688. The Morgan fingerprint density at radius 1 is 1.13 bits per heavy atom. The van der Waals surface area contributed by atoms with E-state index in [1.54, 1.807) is 37.3 Å². The summed E-state index contributed by atoms with van der Waals surface area (Å²) in [4.78, 5) is 22.4. The van der Waals surface area contributed by atoms with Gasteiger partial charge in [-0.05, 0) is 31.2 Å². The predicted octanol–water partition coefficient (Wildman–Crippen LogP) is 3.01. The van der Waals surface area contributed by atoms with E-state index in [0.717, 1.165) is 0 Å². The molecule has 0 aliphatic rings. The van der Waals surface area contributed by atoms with E-state index in [9.17, 15) is 14.9 Å². The Labute approximate surface area is 133 Å². The molecule has 0 atom stereocenters. The predicted molar refractivity (Wildman–Crippen MR) is 84.8 cm³/mol. The lowest BCUT2D eigenvalue weighted by Gasteiger charge is -2.09. The Morgan fingerprint density at radius 2 is 1.87 bits per heavy atom. The number of ether oxygens (including phenoxy) is 2. The second-order valence-electron chi connectivity index (χ2n) is 4.52. The lowest BCUT2D eigenvalue weighted by Crippen LogP contribution is -2.20. The average Bonchev–Trinajstić information content (AvgIpc) is 2.55. The smallest absolute Gasteiger partial charge is 0.296 e. The van der Waals surface area contributed by atoms with Crippen molar-refractivity contribution in [2.45, 2.75) is 6.92 Å². The fraction of sp³-hybridized carbons (Fsp3) is 0.188. The highest BCUT2D eigenvalue weighted by molar-refractivity contribution is 5.94. The number of carbonyl (C=O) groups is 1. The van der Waals surface area contributed by atoms with E-state index >= 15 is 0 Å². The monoisotopic (exact) mass is 316 g/mol. The summed E-state index contributed by atoms with van der Waals surface area (Å²) in [5.74, 6) is 0.433. The number of para-hydroxylation sites is 1. The van der Waals surface area contributed by atoms with Gasteiger partial charge in [0.15, 0.2) is 6.61 Å². The van der Waals surface area contributed by atoms with Crippen LogP contribution in [0.3, 0.4) is 0 Å². The van der Waals surface area contributed by atoms with Crippen molar-refractivity contribution in [1.82, 2.24) is 0 Å². The molecule has 120 valence electrons. The summed E-state index contributed by atoms with van der Waals surface area (Å²) in [7, 11) is 0. The van der Waals surface area contributed by atoms with Crippen LogP contribution in [0.25, 0.3) is 0 Å². The molecule has 7 heteroatoms. The molecule has 2 rings (SSSR count).